The summed E-state index contributed by atoms with van der Waals surface area (Å²) in [6, 6.07) is 0. The van der Waals surface area contributed by atoms with Crippen LogP contribution in [0.15, 0.2) is 0 Å². The second kappa shape index (κ2) is 72.3. The Morgan fingerprint density at radius 3 is 0.752 bits per heavy atom. The topological polar surface area (TPSA) is 237 Å². The van der Waals surface area contributed by atoms with Gasteiger partial charge in [0.25, 0.3) is 0 Å². The van der Waals surface area contributed by atoms with Crippen molar-refractivity contribution >= 4 is 39.5 Å². The van der Waals surface area contributed by atoms with Gasteiger partial charge in [-0.2, -0.15) is 0 Å². The van der Waals surface area contributed by atoms with Gasteiger partial charge < -0.3 is 33.8 Å². The number of hydrogen-bond acceptors (Lipinski definition) is 15. The second-order valence-corrected chi connectivity index (χ2v) is 33.6. The van der Waals surface area contributed by atoms with Gasteiger partial charge in [-0.05, 0) is 43.4 Å². The number of carbonyl (C=O) groups excluding carboxylic acids is 4. The van der Waals surface area contributed by atoms with E-state index in [1.165, 1.54) is 231 Å². The van der Waals surface area contributed by atoms with E-state index in [0.29, 0.717) is 25.7 Å². The maximum absolute atomic E-state index is 13.1. The number of aliphatic hydroxyl groups excluding tert-OH is 1. The lowest BCUT2D eigenvalue weighted by atomic mass is 9.99. The van der Waals surface area contributed by atoms with Gasteiger partial charge in [-0.1, -0.05) is 376 Å². The van der Waals surface area contributed by atoms with Crippen LogP contribution in [0.25, 0.3) is 0 Å². The molecule has 0 spiro atoms. The third-order valence-electron chi connectivity index (χ3n) is 19.5. The molecule has 6 atom stereocenters. The van der Waals surface area contributed by atoms with E-state index >= 15 is 0 Å². The van der Waals surface area contributed by atoms with Crippen molar-refractivity contribution in [3.05, 3.63) is 0 Å². The number of carbonyl (C=O) groups is 4. The van der Waals surface area contributed by atoms with Gasteiger partial charge >= 0.3 is 39.5 Å². The number of rotatable bonds is 80. The van der Waals surface area contributed by atoms with Crippen LogP contribution in [0.2, 0.25) is 0 Å². The SMILES string of the molecule is CCCCCCCCCCC(=O)OC[C@H](COP(=O)(O)OC[C@H](O)COP(=O)(O)OC[C@@H](COC(=O)CCCCCCCCCCCCCCCC(C)C)OC(=O)CCCCCCCCCCCCCCCCCCCCC(C)CC)OC(=O)CCCCCCCCCCCCCCC(C)C. The first-order valence-corrected chi connectivity index (χ1v) is 45.4. The Balaban J connectivity index is 5.19. The van der Waals surface area contributed by atoms with E-state index in [1.807, 2.05) is 0 Å². The summed E-state index contributed by atoms with van der Waals surface area (Å²) in [5, 5.41) is 10.6. The van der Waals surface area contributed by atoms with E-state index in [2.05, 4.69) is 48.5 Å². The molecule has 0 aromatic carbocycles. The highest BCUT2D eigenvalue weighted by Gasteiger charge is 2.30. The molecule has 0 rings (SSSR count). The van der Waals surface area contributed by atoms with Crippen LogP contribution in [-0.4, -0.2) is 96.7 Å². The van der Waals surface area contributed by atoms with Gasteiger partial charge in [0.1, 0.15) is 19.3 Å². The van der Waals surface area contributed by atoms with Crippen molar-refractivity contribution in [3.8, 4) is 0 Å². The van der Waals surface area contributed by atoms with Gasteiger partial charge in [0.05, 0.1) is 26.4 Å². The smallest absolute Gasteiger partial charge is 0.462 e. The molecule has 0 bridgehead atoms. The van der Waals surface area contributed by atoms with Gasteiger partial charge in [-0.15, -0.1) is 0 Å². The predicted molar refractivity (Wildman–Crippen MR) is 414 cm³/mol. The number of unbranched alkanes of at least 4 members (excludes halogenated alkanes) is 47. The van der Waals surface area contributed by atoms with Crippen LogP contribution in [0.1, 0.15) is 427 Å². The molecular weight excluding hydrogens is 1320 g/mol. The fourth-order valence-electron chi connectivity index (χ4n) is 12.6. The molecule has 101 heavy (non-hydrogen) atoms. The molecule has 0 radical (unpaired) electrons. The summed E-state index contributed by atoms with van der Waals surface area (Å²) in [6.45, 7) is 12.0. The molecule has 0 aromatic rings. The zero-order valence-corrected chi connectivity index (χ0v) is 68.2. The van der Waals surface area contributed by atoms with Gasteiger partial charge in [0, 0.05) is 25.7 Å². The summed E-state index contributed by atoms with van der Waals surface area (Å²) in [6.07, 6.45) is 61.1. The third-order valence-corrected chi connectivity index (χ3v) is 21.4. The summed E-state index contributed by atoms with van der Waals surface area (Å²) >= 11 is 0. The lowest BCUT2D eigenvalue weighted by Crippen LogP contribution is -2.30. The maximum Gasteiger partial charge on any atom is 0.472 e. The normalized spacial score (nSPS) is 14.2. The van der Waals surface area contributed by atoms with Crippen molar-refractivity contribution in [3.63, 3.8) is 0 Å². The molecule has 0 saturated carbocycles. The minimum absolute atomic E-state index is 0.107. The Morgan fingerprint density at radius 2 is 0.505 bits per heavy atom. The summed E-state index contributed by atoms with van der Waals surface area (Å²) < 4.78 is 68.7. The van der Waals surface area contributed by atoms with Crippen molar-refractivity contribution in [2.24, 2.45) is 17.8 Å². The summed E-state index contributed by atoms with van der Waals surface area (Å²) in [5.41, 5.74) is 0. The van der Waals surface area contributed by atoms with E-state index in [1.54, 1.807) is 0 Å². The molecule has 17 nitrogen and oxygen atoms in total. The molecule has 0 heterocycles. The zero-order valence-electron chi connectivity index (χ0n) is 66.4. The Hall–Kier alpha value is -1.94. The van der Waals surface area contributed by atoms with Crippen molar-refractivity contribution < 1.29 is 80.2 Å². The number of ether oxygens (including phenoxy) is 4. The lowest BCUT2D eigenvalue weighted by molar-refractivity contribution is -0.161. The first-order chi connectivity index (χ1) is 48.8. The van der Waals surface area contributed by atoms with E-state index < -0.39 is 97.5 Å². The molecular formula is C82H160O17P2. The maximum atomic E-state index is 13.1. The first kappa shape index (κ1) is 99.1. The van der Waals surface area contributed by atoms with Gasteiger partial charge in [-0.25, -0.2) is 9.13 Å². The van der Waals surface area contributed by atoms with E-state index in [4.69, 9.17) is 37.0 Å². The minimum Gasteiger partial charge on any atom is -0.462 e. The molecule has 0 fully saturated rings. The number of phosphoric acid groups is 2. The molecule has 0 aliphatic heterocycles. The van der Waals surface area contributed by atoms with Crippen molar-refractivity contribution in [1.82, 2.24) is 0 Å². The van der Waals surface area contributed by atoms with E-state index in [9.17, 15) is 43.2 Å². The second-order valence-electron chi connectivity index (χ2n) is 30.7. The zero-order chi connectivity index (χ0) is 74.4. The van der Waals surface area contributed by atoms with Crippen molar-refractivity contribution in [1.29, 1.82) is 0 Å². The lowest BCUT2D eigenvalue weighted by Gasteiger charge is -2.21. The Bertz CT molecular complexity index is 1960. The van der Waals surface area contributed by atoms with Crippen LogP contribution in [0.4, 0.5) is 0 Å². The third kappa shape index (κ3) is 74.7. The molecule has 0 aliphatic rings. The monoisotopic (exact) mass is 1480 g/mol. The van der Waals surface area contributed by atoms with Crippen LogP contribution in [0.5, 0.6) is 0 Å². The van der Waals surface area contributed by atoms with Crippen molar-refractivity contribution in [2.45, 2.75) is 446 Å². The number of phosphoric ester groups is 2. The number of aliphatic hydroxyl groups is 1. The van der Waals surface area contributed by atoms with Crippen LogP contribution in [-0.2, 0) is 65.4 Å². The fraction of sp³-hybridized carbons (Fsp3) is 0.951. The van der Waals surface area contributed by atoms with Gasteiger partial charge in [-0.3, -0.25) is 37.3 Å². The fourth-order valence-corrected chi connectivity index (χ4v) is 14.2. The van der Waals surface area contributed by atoms with Crippen LogP contribution < -0.4 is 0 Å². The van der Waals surface area contributed by atoms with Crippen LogP contribution in [0.3, 0.4) is 0 Å². The highest BCUT2D eigenvalue weighted by Crippen LogP contribution is 2.45. The molecule has 0 amide bonds. The van der Waals surface area contributed by atoms with Crippen molar-refractivity contribution in [2.75, 3.05) is 39.6 Å². The Morgan fingerprint density at radius 1 is 0.287 bits per heavy atom. The molecule has 3 unspecified atom stereocenters. The Kier molecular flexibility index (Phi) is 70.9. The number of esters is 4. The highest BCUT2D eigenvalue weighted by molar-refractivity contribution is 7.47. The minimum atomic E-state index is -4.96. The largest absolute Gasteiger partial charge is 0.472 e. The summed E-state index contributed by atoms with van der Waals surface area (Å²) in [7, 11) is -9.92. The highest BCUT2D eigenvalue weighted by atomic mass is 31.2. The molecule has 0 aromatic heterocycles. The average molecular weight is 1480 g/mol. The van der Waals surface area contributed by atoms with E-state index in [-0.39, 0.29) is 25.7 Å². The molecule has 0 aliphatic carbocycles. The Labute approximate surface area is 619 Å². The van der Waals surface area contributed by atoms with Gasteiger partial charge in [0.15, 0.2) is 12.2 Å². The predicted octanol–water partition coefficient (Wildman–Crippen LogP) is 24.5. The first-order valence-electron chi connectivity index (χ1n) is 42.4. The summed E-state index contributed by atoms with van der Waals surface area (Å²) in [5.74, 6) is 0.327. The van der Waals surface area contributed by atoms with Crippen LogP contribution in [0, 0.1) is 17.8 Å². The molecule has 19 heteroatoms. The molecule has 600 valence electrons. The quantitative estimate of drug-likeness (QED) is 0.0222. The van der Waals surface area contributed by atoms with Crippen LogP contribution >= 0.6 is 15.6 Å². The molecule has 0 saturated heterocycles. The number of hydrogen-bond donors (Lipinski definition) is 3. The standard InChI is InChI=1S/C82H160O17P2/c1-8-10-11-12-13-42-49-56-63-79(84)92-69-77(98-82(87)66-59-52-45-38-32-26-25-28-34-40-47-54-61-74(5)6)71-96-100(88,89)94-67-76(83)68-95-101(90,91)97-72-78(70-93-80(85)64-57-50-43-36-30-24-20-21-27-33-39-46-53-60-73(3)4)99-81(86)65-58-51-44-37-31-23-19-17-15-14-16-18-22-29-35-41-48-55-62-75(7)9-2/h73-78,83H,8-72H2,1-7H3,(H,88,89)(H,90,91)/t75?,76-,77+,78+/m0/s1. The average Bonchev–Trinajstić information content (AvgIpc) is 0.943. The van der Waals surface area contributed by atoms with E-state index in [0.717, 1.165) is 114 Å². The molecule has 3 N–H and O–H groups in total. The van der Waals surface area contributed by atoms with Gasteiger partial charge in [0.2, 0.25) is 0 Å². The summed E-state index contributed by atoms with van der Waals surface area (Å²) in [4.78, 5) is 73.0.